The van der Waals surface area contributed by atoms with Gasteiger partial charge in [0.15, 0.2) is 0 Å². The topological polar surface area (TPSA) is 73.6 Å². The van der Waals surface area contributed by atoms with Crippen molar-refractivity contribution in [1.29, 1.82) is 0 Å². The predicted octanol–water partition coefficient (Wildman–Crippen LogP) is 1.99. The highest BCUT2D eigenvalue weighted by molar-refractivity contribution is 5.35. The molecule has 0 spiro atoms. The molecule has 0 aliphatic carbocycles. The Balaban J connectivity index is 2.20. The van der Waals surface area contributed by atoms with Gasteiger partial charge in [0, 0.05) is 38.4 Å². The van der Waals surface area contributed by atoms with E-state index < -0.39 is 4.92 Å². The third-order valence-electron chi connectivity index (χ3n) is 2.67. The van der Waals surface area contributed by atoms with E-state index >= 15 is 0 Å². The number of nitro groups is 1. The average Bonchev–Trinajstić information content (AvgIpc) is 2.41. The Bertz CT molecular complexity index is 381. The molecule has 1 unspecified atom stereocenters. The molecule has 0 radical (unpaired) electrons. The van der Waals surface area contributed by atoms with Crippen molar-refractivity contribution >= 4 is 5.69 Å². The van der Waals surface area contributed by atoms with Crippen molar-refractivity contribution in [3.05, 3.63) is 34.4 Å². The Labute approximate surface area is 112 Å². The molecule has 0 saturated heterocycles. The zero-order valence-electron chi connectivity index (χ0n) is 11.3. The Hall–Kier alpha value is -1.66. The molecule has 0 saturated carbocycles. The standard InChI is InChI=1S/C13H20N2O4/c1-11(7-9-18-2)14-8-10-19-13-5-3-12(4-6-13)15(16)17/h3-6,11,14H,7-10H2,1-2H3. The molecule has 0 bridgehead atoms. The second kappa shape index (κ2) is 8.44. The van der Waals surface area contributed by atoms with Gasteiger partial charge in [-0.05, 0) is 25.5 Å². The summed E-state index contributed by atoms with van der Waals surface area (Å²) in [5, 5.41) is 13.8. The smallest absolute Gasteiger partial charge is 0.269 e. The first-order chi connectivity index (χ1) is 9.13. The molecule has 1 aromatic rings. The minimum atomic E-state index is -0.428. The zero-order valence-corrected chi connectivity index (χ0v) is 11.3. The lowest BCUT2D eigenvalue weighted by atomic mass is 10.2. The number of hydrogen-bond donors (Lipinski definition) is 1. The van der Waals surface area contributed by atoms with Gasteiger partial charge in [-0.25, -0.2) is 0 Å². The van der Waals surface area contributed by atoms with Crippen LogP contribution in [0.3, 0.4) is 0 Å². The fourth-order valence-corrected chi connectivity index (χ4v) is 1.53. The zero-order chi connectivity index (χ0) is 14.1. The minimum Gasteiger partial charge on any atom is -0.492 e. The van der Waals surface area contributed by atoms with Crippen LogP contribution in [0.2, 0.25) is 0 Å². The van der Waals surface area contributed by atoms with E-state index in [9.17, 15) is 10.1 Å². The monoisotopic (exact) mass is 268 g/mol. The third-order valence-corrected chi connectivity index (χ3v) is 2.67. The summed E-state index contributed by atoms with van der Waals surface area (Å²) in [6.45, 7) is 4.07. The molecule has 1 N–H and O–H groups in total. The van der Waals surface area contributed by atoms with Crippen LogP contribution >= 0.6 is 0 Å². The normalized spacial score (nSPS) is 12.1. The lowest BCUT2D eigenvalue weighted by Gasteiger charge is -2.13. The second-order valence-corrected chi connectivity index (χ2v) is 4.24. The Morgan fingerprint density at radius 3 is 2.58 bits per heavy atom. The van der Waals surface area contributed by atoms with Gasteiger partial charge in [-0.2, -0.15) is 0 Å². The molecule has 1 aromatic carbocycles. The van der Waals surface area contributed by atoms with Crippen LogP contribution in [0.15, 0.2) is 24.3 Å². The first kappa shape index (κ1) is 15.4. The summed E-state index contributed by atoms with van der Waals surface area (Å²) in [6, 6.07) is 6.45. The molecule has 0 heterocycles. The van der Waals surface area contributed by atoms with Gasteiger partial charge < -0.3 is 14.8 Å². The molecule has 106 valence electrons. The van der Waals surface area contributed by atoms with Crippen molar-refractivity contribution in [3.63, 3.8) is 0 Å². The van der Waals surface area contributed by atoms with Crippen LogP contribution in [0.4, 0.5) is 5.69 Å². The number of ether oxygens (including phenoxy) is 2. The molecule has 0 aliphatic heterocycles. The number of nitro benzene ring substituents is 1. The summed E-state index contributed by atoms with van der Waals surface area (Å²) in [7, 11) is 1.68. The van der Waals surface area contributed by atoms with Crippen LogP contribution in [-0.2, 0) is 4.74 Å². The van der Waals surface area contributed by atoms with Crippen molar-refractivity contribution in [2.75, 3.05) is 26.9 Å². The first-order valence-electron chi connectivity index (χ1n) is 6.23. The maximum atomic E-state index is 10.5. The minimum absolute atomic E-state index is 0.0682. The number of rotatable bonds is 9. The number of benzene rings is 1. The van der Waals surface area contributed by atoms with Gasteiger partial charge >= 0.3 is 0 Å². The highest BCUT2D eigenvalue weighted by Gasteiger charge is 2.04. The SMILES string of the molecule is COCCC(C)NCCOc1ccc([N+](=O)[O-])cc1. The maximum Gasteiger partial charge on any atom is 0.269 e. The Kier molecular flexibility index (Phi) is 6.84. The lowest BCUT2D eigenvalue weighted by Crippen LogP contribution is -2.31. The quantitative estimate of drug-likeness (QED) is 0.421. The number of nitrogens with zero attached hydrogens (tertiary/aromatic N) is 1. The number of hydrogen-bond acceptors (Lipinski definition) is 5. The molecule has 19 heavy (non-hydrogen) atoms. The molecule has 0 fully saturated rings. The lowest BCUT2D eigenvalue weighted by molar-refractivity contribution is -0.384. The third kappa shape index (κ3) is 6.17. The van der Waals surface area contributed by atoms with Gasteiger partial charge in [-0.3, -0.25) is 10.1 Å². The Morgan fingerprint density at radius 1 is 1.32 bits per heavy atom. The number of nitrogens with one attached hydrogen (secondary N) is 1. The number of methoxy groups -OCH3 is 1. The van der Waals surface area contributed by atoms with Gasteiger partial charge in [0.2, 0.25) is 0 Å². The van der Waals surface area contributed by atoms with Crippen LogP contribution in [-0.4, -0.2) is 37.8 Å². The molecular weight excluding hydrogens is 248 g/mol. The van der Waals surface area contributed by atoms with Gasteiger partial charge in [0.25, 0.3) is 5.69 Å². The van der Waals surface area contributed by atoms with E-state index in [-0.39, 0.29) is 5.69 Å². The summed E-state index contributed by atoms with van der Waals surface area (Å²) in [5.74, 6) is 0.636. The molecule has 6 nitrogen and oxygen atoms in total. The Morgan fingerprint density at radius 2 is 2.00 bits per heavy atom. The molecule has 0 aliphatic rings. The highest BCUT2D eigenvalue weighted by Crippen LogP contribution is 2.16. The molecular formula is C13H20N2O4. The summed E-state index contributed by atoms with van der Waals surface area (Å²) in [5.41, 5.74) is 0.0682. The van der Waals surface area contributed by atoms with Gasteiger partial charge in [0.05, 0.1) is 4.92 Å². The van der Waals surface area contributed by atoms with E-state index in [1.54, 1.807) is 19.2 Å². The van der Waals surface area contributed by atoms with E-state index in [1.165, 1.54) is 12.1 Å². The summed E-state index contributed by atoms with van der Waals surface area (Å²) < 4.78 is 10.5. The van der Waals surface area contributed by atoms with E-state index in [2.05, 4.69) is 12.2 Å². The van der Waals surface area contributed by atoms with E-state index in [1.807, 2.05) is 0 Å². The van der Waals surface area contributed by atoms with Crippen molar-refractivity contribution in [3.8, 4) is 5.75 Å². The molecule has 6 heteroatoms. The number of non-ortho nitro benzene ring substituents is 1. The van der Waals surface area contributed by atoms with Crippen molar-refractivity contribution in [1.82, 2.24) is 5.32 Å². The van der Waals surface area contributed by atoms with Crippen LogP contribution in [0.5, 0.6) is 5.75 Å². The largest absolute Gasteiger partial charge is 0.492 e. The van der Waals surface area contributed by atoms with E-state index in [0.717, 1.165) is 19.6 Å². The fourth-order valence-electron chi connectivity index (χ4n) is 1.53. The molecule has 0 aromatic heterocycles. The van der Waals surface area contributed by atoms with Gasteiger partial charge in [-0.1, -0.05) is 0 Å². The predicted molar refractivity (Wildman–Crippen MR) is 72.5 cm³/mol. The van der Waals surface area contributed by atoms with E-state index in [0.29, 0.717) is 18.4 Å². The fraction of sp³-hybridized carbons (Fsp3) is 0.538. The molecule has 1 atom stereocenters. The molecule has 0 amide bonds. The summed E-state index contributed by atoms with van der Waals surface area (Å²) >= 11 is 0. The van der Waals surface area contributed by atoms with Gasteiger partial charge in [0.1, 0.15) is 12.4 Å². The van der Waals surface area contributed by atoms with Crippen LogP contribution < -0.4 is 10.1 Å². The maximum absolute atomic E-state index is 10.5. The van der Waals surface area contributed by atoms with E-state index in [4.69, 9.17) is 9.47 Å². The van der Waals surface area contributed by atoms with Crippen molar-refractivity contribution in [2.24, 2.45) is 0 Å². The van der Waals surface area contributed by atoms with Crippen molar-refractivity contribution < 1.29 is 14.4 Å². The summed E-state index contributed by atoms with van der Waals surface area (Å²) in [6.07, 6.45) is 0.952. The first-order valence-corrected chi connectivity index (χ1v) is 6.23. The van der Waals surface area contributed by atoms with Crippen LogP contribution in [0.25, 0.3) is 0 Å². The second-order valence-electron chi connectivity index (χ2n) is 4.24. The van der Waals surface area contributed by atoms with Crippen LogP contribution in [0.1, 0.15) is 13.3 Å². The highest BCUT2D eigenvalue weighted by atomic mass is 16.6. The van der Waals surface area contributed by atoms with Gasteiger partial charge in [-0.15, -0.1) is 0 Å². The van der Waals surface area contributed by atoms with Crippen LogP contribution in [0, 0.1) is 10.1 Å². The molecule has 1 rings (SSSR count). The average molecular weight is 268 g/mol. The summed E-state index contributed by atoms with van der Waals surface area (Å²) in [4.78, 5) is 10.1. The van der Waals surface area contributed by atoms with Crippen molar-refractivity contribution in [2.45, 2.75) is 19.4 Å².